The van der Waals surface area contributed by atoms with E-state index in [1.54, 1.807) is 6.07 Å². The molecule has 0 fully saturated rings. The molecule has 0 aliphatic heterocycles. The van der Waals surface area contributed by atoms with Gasteiger partial charge in [-0.3, -0.25) is 0 Å². The fourth-order valence-corrected chi connectivity index (χ4v) is 2.30. The molecule has 1 rings (SSSR count). The average molecular weight is 304 g/mol. The van der Waals surface area contributed by atoms with E-state index in [-0.39, 0.29) is 0 Å². The molecule has 1 aromatic rings. The summed E-state index contributed by atoms with van der Waals surface area (Å²) in [5.74, 6) is -0.824. The Balaban J connectivity index is 3.39. The fraction of sp³-hybridized carbons (Fsp3) is 0.364. The lowest BCUT2D eigenvalue weighted by molar-refractivity contribution is 0.0695. The number of aromatic carboxylic acids is 1. The molecule has 1 aromatic carbocycles. The van der Waals surface area contributed by atoms with E-state index in [0.29, 0.717) is 5.56 Å². The Morgan fingerprint density at radius 2 is 2.00 bits per heavy atom. The molecule has 76 valence electrons. The number of hydrogen-bond acceptors (Lipinski definition) is 1. The van der Waals surface area contributed by atoms with Gasteiger partial charge in [-0.05, 0) is 58.7 Å². The van der Waals surface area contributed by atoms with E-state index in [1.165, 1.54) is 0 Å². The highest BCUT2D eigenvalue weighted by molar-refractivity contribution is 14.1. The van der Waals surface area contributed by atoms with Crippen molar-refractivity contribution in [1.29, 1.82) is 0 Å². The Bertz CT molecular complexity index is 359. The molecule has 0 saturated carbocycles. The van der Waals surface area contributed by atoms with Crippen molar-refractivity contribution in [2.75, 3.05) is 0 Å². The van der Waals surface area contributed by atoms with Crippen molar-refractivity contribution in [3.8, 4) is 0 Å². The molecule has 0 atom stereocenters. The van der Waals surface area contributed by atoms with Gasteiger partial charge in [0.05, 0.1) is 5.56 Å². The van der Waals surface area contributed by atoms with Crippen LogP contribution in [-0.2, 0) is 12.8 Å². The molecule has 3 heteroatoms. The lowest BCUT2D eigenvalue weighted by Crippen LogP contribution is -2.05. The second-order valence-electron chi connectivity index (χ2n) is 3.10. The van der Waals surface area contributed by atoms with Crippen molar-refractivity contribution in [2.24, 2.45) is 0 Å². The Hall–Kier alpha value is -0.580. The molecular formula is C11H13IO2. The van der Waals surface area contributed by atoms with Gasteiger partial charge in [0.15, 0.2) is 0 Å². The van der Waals surface area contributed by atoms with Gasteiger partial charge in [0.1, 0.15) is 0 Å². The minimum atomic E-state index is -0.824. The van der Waals surface area contributed by atoms with Crippen molar-refractivity contribution in [2.45, 2.75) is 26.7 Å². The van der Waals surface area contributed by atoms with Crippen LogP contribution in [0.15, 0.2) is 12.1 Å². The van der Waals surface area contributed by atoms with Gasteiger partial charge in [0, 0.05) is 3.57 Å². The first-order valence-electron chi connectivity index (χ1n) is 4.64. The molecule has 0 bridgehead atoms. The number of carboxylic acid groups (broad SMARTS) is 1. The summed E-state index contributed by atoms with van der Waals surface area (Å²) < 4.78 is 0.994. The van der Waals surface area contributed by atoms with Crippen molar-refractivity contribution < 1.29 is 9.90 Å². The molecule has 0 aliphatic carbocycles. The number of benzene rings is 1. The van der Waals surface area contributed by atoms with Crippen LogP contribution in [0.2, 0.25) is 0 Å². The largest absolute Gasteiger partial charge is 0.478 e. The van der Waals surface area contributed by atoms with Gasteiger partial charge in [-0.25, -0.2) is 4.79 Å². The summed E-state index contributed by atoms with van der Waals surface area (Å²) in [6, 6.07) is 3.80. The summed E-state index contributed by atoms with van der Waals surface area (Å²) in [4.78, 5) is 11.0. The molecule has 2 nitrogen and oxygen atoms in total. The van der Waals surface area contributed by atoms with Crippen LogP contribution >= 0.6 is 22.6 Å². The van der Waals surface area contributed by atoms with Crippen LogP contribution in [-0.4, -0.2) is 11.1 Å². The highest BCUT2D eigenvalue weighted by Crippen LogP contribution is 2.20. The van der Waals surface area contributed by atoms with Crippen LogP contribution in [0.4, 0.5) is 0 Å². The van der Waals surface area contributed by atoms with Crippen LogP contribution in [0.5, 0.6) is 0 Å². The minimum Gasteiger partial charge on any atom is -0.478 e. The average Bonchev–Trinajstić information content (AvgIpc) is 2.16. The monoisotopic (exact) mass is 304 g/mol. The predicted octanol–water partition coefficient (Wildman–Crippen LogP) is 3.11. The highest BCUT2D eigenvalue weighted by Gasteiger charge is 2.12. The molecule has 1 N–H and O–H groups in total. The van der Waals surface area contributed by atoms with Gasteiger partial charge in [-0.15, -0.1) is 0 Å². The Kier molecular flexibility index (Phi) is 3.92. The van der Waals surface area contributed by atoms with E-state index in [1.807, 2.05) is 6.92 Å². The Morgan fingerprint density at radius 3 is 2.43 bits per heavy atom. The lowest BCUT2D eigenvalue weighted by atomic mass is 9.97. The van der Waals surface area contributed by atoms with Gasteiger partial charge < -0.3 is 5.11 Å². The van der Waals surface area contributed by atoms with Gasteiger partial charge >= 0.3 is 5.97 Å². The predicted molar refractivity (Wildman–Crippen MR) is 64.9 cm³/mol. The van der Waals surface area contributed by atoms with Crippen LogP contribution in [0.3, 0.4) is 0 Å². The zero-order chi connectivity index (χ0) is 10.7. The smallest absolute Gasteiger partial charge is 0.336 e. The number of hydrogen-bond donors (Lipinski definition) is 1. The Morgan fingerprint density at radius 1 is 1.36 bits per heavy atom. The quantitative estimate of drug-likeness (QED) is 0.871. The molecular weight excluding hydrogens is 291 g/mol. The topological polar surface area (TPSA) is 37.3 Å². The first kappa shape index (κ1) is 11.5. The van der Waals surface area contributed by atoms with Crippen molar-refractivity contribution in [3.63, 3.8) is 0 Å². The summed E-state index contributed by atoms with van der Waals surface area (Å²) in [6.45, 7) is 4.05. The van der Waals surface area contributed by atoms with Crippen LogP contribution in [0.1, 0.15) is 35.3 Å². The van der Waals surface area contributed by atoms with Gasteiger partial charge in [0.25, 0.3) is 0 Å². The maximum Gasteiger partial charge on any atom is 0.336 e. The first-order valence-corrected chi connectivity index (χ1v) is 5.72. The first-order chi connectivity index (χ1) is 6.60. The third kappa shape index (κ3) is 2.26. The maximum absolute atomic E-state index is 11.0. The number of rotatable bonds is 3. The number of carboxylic acids is 1. The minimum absolute atomic E-state index is 0.455. The number of carbonyl (C=O) groups is 1. The molecule has 0 spiro atoms. The summed E-state index contributed by atoms with van der Waals surface area (Å²) >= 11 is 2.16. The van der Waals surface area contributed by atoms with E-state index in [2.05, 4.69) is 35.6 Å². The number of halogens is 1. The van der Waals surface area contributed by atoms with Crippen LogP contribution < -0.4 is 0 Å². The van der Waals surface area contributed by atoms with Gasteiger partial charge in [0.2, 0.25) is 0 Å². The summed E-state index contributed by atoms with van der Waals surface area (Å²) in [5.41, 5.74) is 2.58. The highest BCUT2D eigenvalue weighted by atomic mass is 127. The fourth-order valence-electron chi connectivity index (χ4n) is 1.62. The van der Waals surface area contributed by atoms with Crippen molar-refractivity contribution >= 4 is 28.6 Å². The molecule has 14 heavy (non-hydrogen) atoms. The van der Waals surface area contributed by atoms with Crippen LogP contribution in [0.25, 0.3) is 0 Å². The van der Waals surface area contributed by atoms with Gasteiger partial charge in [-0.2, -0.15) is 0 Å². The Labute approximate surface area is 97.5 Å². The SMILES string of the molecule is CCc1cc(I)cc(C(=O)O)c1CC. The second kappa shape index (κ2) is 4.77. The second-order valence-corrected chi connectivity index (χ2v) is 4.35. The zero-order valence-electron chi connectivity index (χ0n) is 8.30. The van der Waals surface area contributed by atoms with E-state index in [4.69, 9.17) is 5.11 Å². The molecule has 0 unspecified atom stereocenters. The lowest BCUT2D eigenvalue weighted by Gasteiger charge is -2.10. The molecule has 0 amide bonds. The maximum atomic E-state index is 11.0. The third-order valence-electron chi connectivity index (χ3n) is 2.27. The number of aryl methyl sites for hydroxylation is 1. The third-order valence-corrected chi connectivity index (χ3v) is 2.89. The molecule has 0 saturated heterocycles. The standard InChI is InChI=1S/C11H13IO2/c1-3-7-5-8(12)6-10(11(13)14)9(7)4-2/h5-6H,3-4H2,1-2H3,(H,13,14). The van der Waals surface area contributed by atoms with Crippen molar-refractivity contribution in [3.05, 3.63) is 32.4 Å². The normalized spacial score (nSPS) is 10.2. The van der Waals surface area contributed by atoms with E-state index < -0.39 is 5.97 Å². The summed E-state index contributed by atoms with van der Waals surface area (Å²) in [5, 5.41) is 9.04. The molecule has 0 heterocycles. The molecule has 0 aliphatic rings. The molecule has 0 aromatic heterocycles. The van der Waals surface area contributed by atoms with E-state index in [9.17, 15) is 4.79 Å². The summed E-state index contributed by atoms with van der Waals surface area (Å²) in [6.07, 6.45) is 1.67. The van der Waals surface area contributed by atoms with Crippen molar-refractivity contribution in [1.82, 2.24) is 0 Å². The van der Waals surface area contributed by atoms with E-state index >= 15 is 0 Å². The van der Waals surface area contributed by atoms with E-state index in [0.717, 1.165) is 27.5 Å². The van der Waals surface area contributed by atoms with Crippen LogP contribution in [0, 0.1) is 3.57 Å². The summed E-state index contributed by atoms with van der Waals surface area (Å²) in [7, 11) is 0. The van der Waals surface area contributed by atoms with Gasteiger partial charge in [-0.1, -0.05) is 13.8 Å². The zero-order valence-corrected chi connectivity index (χ0v) is 10.5. The molecule has 0 radical (unpaired) electrons.